The first kappa shape index (κ1) is 14.5. The minimum absolute atomic E-state index is 0.634. The second-order valence-corrected chi connectivity index (χ2v) is 8.25. The smallest absolute Gasteiger partial charge is 0.0505 e. The van der Waals surface area contributed by atoms with Crippen molar-refractivity contribution in [2.24, 2.45) is 0 Å². The molecule has 4 rings (SSSR count). The van der Waals surface area contributed by atoms with Crippen LogP contribution in [0.5, 0.6) is 0 Å². The third kappa shape index (κ3) is 2.42. The molecule has 1 aliphatic carbocycles. The summed E-state index contributed by atoms with van der Waals surface area (Å²) in [7, 11) is 1.30. The van der Waals surface area contributed by atoms with Gasteiger partial charge in [0.15, 0.2) is 0 Å². The fourth-order valence-corrected chi connectivity index (χ4v) is 4.74. The van der Waals surface area contributed by atoms with Gasteiger partial charge in [-0.05, 0) is 69.3 Å². The van der Waals surface area contributed by atoms with Gasteiger partial charge in [0.25, 0.3) is 0 Å². The third-order valence-corrected chi connectivity index (χ3v) is 6.29. The first-order chi connectivity index (χ1) is 10.6. The van der Waals surface area contributed by atoms with Crippen LogP contribution in [-0.4, -0.2) is 40.0 Å². The number of rotatable bonds is 4. The van der Waals surface area contributed by atoms with E-state index in [2.05, 4.69) is 23.0 Å². The van der Waals surface area contributed by atoms with Gasteiger partial charge in [0.05, 0.1) is 10.8 Å². The van der Waals surface area contributed by atoms with Crippen molar-refractivity contribution in [3.63, 3.8) is 0 Å². The summed E-state index contributed by atoms with van der Waals surface area (Å²) >= 11 is 0. The molecular formula is C18H24N2OS. The van der Waals surface area contributed by atoms with Crippen LogP contribution in [0.25, 0.3) is 10.9 Å². The zero-order valence-electron chi connectivity index (χ0n) is 13.4. The highest BCUT2D eigenvalue weighted by molar-refractivity contribution is 7.84. The molecule has 3 nitrogen and oxygen atoms in total. The third-order valence-electron chi connectivity index (χ3n) is 5.33. The van der Waals surface area contributed by atoms with Crippen molar-refractivity contribution in [1.82, 2.24) is 9.88 Å². The number of likely N-dealkylation sites (tertiary alicyclic amines) is 1. The summed E-state index contributed by atoms with van der Waals surface area (Å²) in [6, 6.07) is 6.83. The molecule has 4 heteroatoms. The Balaban J connectivity index is 1.85. The average Bonchev–Trinajstić information content (AvgIpc) is 3.17. The SMILES string of the molecule is CN1CCC[C@@H]1Cc1c(C2CC2)[nH]c2cccc(S(C)=O)c12. The van der Waals surface area contributed by atoms with Crippen molar-refractivity contribution >= 4 is 21.7 Å². The Hall–Kier alpha value is -1.13. The Morgan fingerprint density at radius 2 is 2.14 bits per heavy atom. The maximum absolute atomic E-state index is 12.2. The molecule has 1 N–H and O–H groups in total. The molecule has 1 aromatic carbocycles. The second-order valence-electron chi connectivity index (χ2n) is 6.91. The summed E-state index contributed by atoms with van der Waals surface area (Å²) in [5.74, 6) is 0.701. The van der Waals surface area contributed by atoms with Crippen molar-refractivity contribution in [3.8, 4) is 0 Å². The predicted molar refractivity (Wildman–Crippen MR) is 92.0 cm³/mol. The van der Waals surface area contributed by atoms with E-state index in [4.69, 9.17) is 0 Å². The molecule has 2 aliphatic rings. The summed E-state index contributed by atoms with van der Waals surface area (Å²) in [5, 5.41) is 1.24. The van der Waals surface area contributed by atoms with Gasteiger partial charge in [-0.25, -0.2) is 0 Å². The Bertz CT molecular complexity index is 732. The van der Waals surface area contributed by atoms with Crippen LogP contribution in [0.2, 0.25) is 0 Å². The van der Waals surface area contributed by atoms with Gasteiger partial charge in [-0.2, -0.15) is 0 Å². The van der Waals surface area contributed by atoms with Gasteiger partial charge in [-0.3, -0.25) is 4.21 Å². The fourth-order valence-electron chi connectivity index (χ4n) is 3.95. The van der Waals surface area contributed by atoms with Crippen LogP contribution in [0.15, 0.2) is 23.1 Å². The van der Waals surface area contributed by atoms with Crippen LogP contribution in [0, 0.1) is 0 Å². The Morgan fingerprint density at radius 3 is 2.77 bits per heavy atom. The molecule has 1 saturated carbocycles. The summed E-state index contributed by atoms with van der Waals surface area (Å²) in [6.45, 7) is 1.21. The molecule has 0 bridgehead atoms. The van der Waals surface area contributed by atoms with E-state index in [-0.39, 0.29) is 0 Å². The molecular weight excluding hydrogens is 292 g/mol. The van der Waals surface area contributed by atoms with Gasteiger partial charge < -0.3 is 9.88 Å². The van der Waals surface area contributed by atoms with Crippen LogP contribution in [-0.2, 0) is 17.2 Å². The first-order valence-corrected chi connectivity index (χ1v) is 9.88. The molecule has 2 aromatic rings. The summed E-state index contributed by atoms with van der Waals surface area (Å²) < 4.78 is 12.2. The molecule has 2 fully saturated rings. The number of likely N-dealkylation sites (N-methyl/N-ethyl adjacent to an activating group) is 1. The van der Waals surface area contributed by atoms with Gasteiger partial charge in [0, 0.05) is 33.8 Å². The number of fused-ring (bicyclic) bond motifs is 1. The van der Waals surface area contributed by atoms with Gasteiger partial charge >= 0.3 is 0 Å². The lowest BCUT2D eigenvalue weighted by molar-refractivity contribution is 0.309. The van der Waals surface area contributed by atoms with E-state index in [0.717, 1.165) is 11.3 Å². The molecule has 1 unspecified atom stereocenters. The maximum atomic E-state index is 12.2. The number of nitrogens with one attached hydrogen (secondary N) is 1. The van der Waals surface area contributed by atoms with Crippen molar-refractivity contribution in [2.75, 3.05) is 19.8 Å². The largest absolute Gasteiger partial charge is 0.358 e. The number of benzene rings is 1. The first-order valence-electron chi connectivity index (χ1n) is 8.32. The topological polar surface area (TPSA) is 36.1 Å². The Kier molecular flexibility index (Phi) is 3.61. The van der Waals surface area contributed by atoms with Crippen LogP contribution in [0.4, 0.5) is 0 Å². The average molecular weight is 316 g/mol. The highest BCUT2D eigenvalue weighted by Crippen LogP contribution is 2.44. The zero-order valence-corrected chi connectivity index (χ0v) is 14.2. The molecule has 1 aliphatic heterocycles. The highest BCUT2D eigenvalue weighted by Gasteiger charge is 2.32. The number of aromatic amines is 1. The van der Waals surface area contributed by atoms with E-state index >= 15 is 0 Å². The molecule has 22 heavy (non-hydrogen) atoms. The van der Waals surface area contributed by atoms with E-state index in [1.165, 1.54) is 54.4 Å². The maximum Gasteiger partial charge on any atom is 0.0505 e. The normalized spacial score (nSPS) is 24.2. The molecule has 2 heterocycles. The van der Waals surface area contributed by atoms with Gasteiger partial charge in [-0.15, -0.1) is 0 Å². The van der Waals surface area contributed by atoms with Crippen molar-refractivity contribution < 1.29 is 4.21 Å². The van der Waals surface area contributed by atoms with Crippen molar-refractivity contribution in [2.45, 2.75) is 49.0 Å². The molecule has 118 valence electrons. The Labute approximate surface area is 134 Å². The quantitative estimate of drug-likeness (QED) is 0.938. The summed E-state index contributed by atoms with van der Waals surface area (Å²) in [6.07, 6.45) is 8.07. The summed E-state index contributed by atoms with van der Waals surface area (Å²) in [4.78, 5) is 7.14. The molecule has 1 saturated heterocycles. The van der Waals surface area contributed by atoms with Gasteiger partial charge in [-0.1, -0.05) is 6.07 Å². The lowest BCUT2D eigenvalue weighted by atomic mass is 9.99. The lowest BCUT2D eigenvalue weighted by Gasteiger charge is -2.20. The van der Waals surface area contributed by atoms with Crippen LogP contribution in [0.3, 0.4) is 0 Å². The van der Waals surface area contributed by atoms with Crippen molar-refractivity contribution in [3.05, 3.63) is 29.5 Å². The fraction of sp³-hybridized carbons (Fsp3) is 0.556. The number of hydrogen-bond donors (Lipinski definition) is 1. The van der Waals surface area contributed by atoms with E-state index in [9.17, 15) is 4.21 Å². The molecule has 0 spiro atoms. The highest BCUT2D eigenvalue weighted by atomic mass is 32.2. The van der Waals surface area contributed by atoms with E-state index in [1.807, 2.05) is 12.1 Å². The molecule has 0 amide bonds. The molecule has 2 atom stereocenters. The van der Waals surface area contributed by atoms with E-state index in [1.54, 1.807) is 6.26 Å². The minimum Gasteiger partial charge on any atom is -0.358 e. The van der Waals surface area contributed by atoms with E-state index < -0.39 is 10.8 Å². The van der Waals surface area contributed by atoms with Crippen LogP contribution >= 0.6 is 0 Å². The van der Waals surface area contributed by atoms with Crippen LogP contribution in [0.1, 0.15) is 42.9 Å². The lowest BCUT2D eigenvalue weighted by Crippen LogP contribution is -2.27. The zero-order chi connectivity index (χ0) is 15.3. The predicted octanol–water partition coefficient (Wildman–Crippen LogP) is 3.42. The van der Waals surface area contributed by atoms with Crippen molar-refractivity contribution in [1.29, 1.82) is 0 Å². The Morgan fingerprint density at radius 1 is 1.32 bits per heavy atom. The number of aromatic nitrogens is 1. The van der Waals surface area contributed by atoms with Crippen LogP contribution < -0.4 is 0 Å². The number of hydrogen-bond acceptors (Lipinski definition) is 2. The van der Waals surface area contributed by atoms with Gasteiger partial charge in [0.2, 0.25) is 0 Å². The number of nitrogens with zero attached hydrogens (tertiary/aromatic N) is 1. The molecule has 0 radical (unpaired) electrons. The summed E-state index contributed by atoms with van der Waals surface area (Å²) in [5.41, 5.74) is 4.04. The number of H-pyrrole nitrogens is 1. The standard InChI is InChI=1S/C18H24N2OS/c1-20-10-4-5-13(20)11-14-17-15(19-18(14)12-8-9-12)6-3-7-16(17)22(2)21/h3,6-7,12-13,19H,4-5,8-11H2,1-2H3/t13-,22?/m1/s1. The second kappa shape index (κ2) is 5.50. The van der Waals surface area contributed by atoms with Gasteiger partial charge in [0.1, 0.15) is 0 Å². The monoisotopic (exact) mass is 316 g/mol. The minimum atomic E-state index is -0.939. The van der Waals surface area contributed by atoms with E-state index in [0.29, 0.717) is 12.0 Å². The molecule has 1 aromatic heterocycles.